The van der Waals surface area contributed by atoms with Crippen LogP contribution in [0, 0.1) is 3.57 Å². The van der Waals surface area contributed by atoms with Crippen molar-refractivity contribution in [2.24, 2.45) is 0 Å². The van der Waals surface area contributed by atoms with E-state index in [9.17, 15) is 4.79 Å². The van der Waals surface area contributed by atoms with Gasteiger partial charge in [-0.15, -0.1) is 11.3 Å². The Morgan fingerprint density at radius 1 is 1.07 bits per heavy atom. The summed E-state index contributed by atoms with van der Waals surface area (Å²) in [6.45, 7) is 0. The minimum Gasteiger partial charge on any atom is -0.322 e. The Bertz CT molecular complexity index is 1150. The molecule has 1 heterocycles. The summed E-state index contributed by atoms with van der Waals surface area (Å²) in [6.07, 6.45) is 3.28. The number of hydrogen-bond donors (Lipinski definition) is 1. The Kier molecular flexibility index (Phi) is 5.75. The third kappa shape index (κ3) is 4.43. The lowest BCUT2D eigenvalue weighted by molar-refractivity contribution is -0.111. The maximum Gasteiger partial charge on any atom is 0.248 e. The van der Waals surface area contributed by atoms with Crippen LogP contribution in [0.5, 0.6) is 0 Å². The van der Waals surface area contributed by atoms with E-state index in [0.29, 0.717) is 5.02 Å². The summed E-state index contributed by atoms with van der Waals surface area (Å²) >= 11 is 9.77. The Morgan fingerprint density at radius 3 is 2.64 bits per heavy atom. The summed E-state index contributed by atoms with van der Waals surface area (Å²) in [5.41, 5.74) is 3.53. The number of para-hydroxylation sites is 1. The molecule has 1 amide bonds. The molecular formula is C22H14ClIN2OS. The lowest BCUT2D eigenvalue weighted by Crippen LogP contribution is -2.08. The van der Waals surface area contributed by atoms with Gasteiger partial charge in [0.25, 0.3) is 0 Å². The third-order valence-electron chi connectivity index (χ3n) is 4.06. The van der Waals surface area contributed by atoms with Gasteiger partial charge in [0.1, 0.15) is 5.01 Å². The maximum atomic E-state index is 12.5. The van der Waals surface area contributed by atoms with Crippen LogP contribution in [0.3, 0.4) is 0 Å². The standard InChI is InChI=1S/C22H14ClIN2OS/c23-15-8-5-14(6-9-15)7-12-21(27)25-18-11-10-16(24)13-17(18)22-26-19-3-1-2-4-20(19)28-22/h1-13H,(H,25,27). The number of benzene rings is 3. The highest BCUT2D eigenvalue weighted by atomic mass is 127. The summed E-state index contributed by atoms with van der Waals surface area (Å²) in [7, 11) is 0. The number of rotatable bonds is 4. The molecular weight excluding hydrogens is 503 g/mol. The van der Waals surface area contributed by atoms with E-state index in [0.717, 1.165) is 35.6 Å². The second kappa shape index (κ2) is 8.43. The van der Waals surface area contributed by atoms with Crippen LogP contribution < -0.4 is 5.32 Å². The molecule has 0 atom stereocenters. The molecule has 4 rings (SSSR count). The number of fused-ring (bicyclic) bond motifs is 1. The average Bonchev–Trinajstić information content (AvgIpc) is 3.13. The van der Waals surface area contributed by atoms with E-state index in [4.69, 9.17) is 16.6 Å². The molecule has 3 nitrogen and oxygen atoms in total. The van der Waals surface area contributed by atoms with Crippen LogP contribution in [0.4, 0.5) is 5.69 Å². The van der Waals surface area contributed by atoms with Gasteiger partial charge in [0.15, 0.2) is 0 Å². The van der Waals surface area contributed by atoms with Crippen molar-refractivity contribution in [2.45, 2.75) is 0 Å². The number of nitrogens with one attached hydrogen (secondary N) is 1. The van der Waals surface area contributed by atoms with E-state index >= 15 is 0 Å². The van der Waals surface area contributed by atoms with Gasteiger partial charge in [-0.25, -0.2) is 4.98 Å². The van der Waals surface area contributed by atoms with Gasteiger partial charge in [0.2, 0.25) is 5.91 Å². The highest BCUT2D eigenvalue weighted by Gasteiger charge is 2.12. The van der Waals surface area contributed by atoms with E-state index in [1.165, 1.54) is 6.08 Å². The van der Waals surface area contributed by atoms with Crippen molar-refractivity contribution in [3.8, 4) is 10.6 Å². The van der Waals surface area contributed by atoms with Crippen molar-refractivity contribution < 1.29 is 4.79 Å². The maximum absolute atomic E-state index is 12.5. The molecule has 3 aromatic carbocycles. The molecule has 0 saturated carbocycles. The van der Waals surface area contributed by atoms with Crippen molar-refractivity contribution in [2.75, 3.05) is 5.32 Å². The first kappa shape index (κ1) is 19.1. The number of amides is 1. The molecule has 0 fully saturated rings. The van der Waals surface area contributed by atoms with E-state index in [-0.39, 0.29) is 5.91 Å². The molecule has 1 N–H and O–H groups in total. The summed E-state index contributed by atoms with van der Waals surface area (Å²) < 4.78 is 2.21. The highest BCUT2D eigenvalue weighted by Crippen LogP contribution is 2.35. The number of hydrogen-bond acceptors (Lipinski definition) is 3. The monoisotopic (exact) mass is 516 g/mol. The summed E-state index contributed by atoms with van der Waals surface area (Å²) in [4.78, 5) is 17.2. The van der Waals surface area contributed by atoms with E-state index in [1.807, 2.05) is 48.5 Å². The number of halogens is 2. The fourth-order valence-corrected chi connectivity index (χ4v) is 4.32. The molecule has 6 heteroatoms. The first-order valence-electron chi connectivity index (χ1n) is 8.48. The predicted molar refractivity (Wildman–Crippen MR) is 127 cm³/mol. The van der Waals surface area contributed by atoms with Crippen LogP contribution >= 0.6 is 45.5 Å². The van der Waals surface area contributed by atoms with Crippen LogP contribution in [-0.4, -0.2) is 10.9 Å². The van der Waals surface area contributed by atoms with E-state index in [2.05, 4.69) is 34.0 Å². The lowest BCUT2D eigenvalue weighted by Gasteiger charge is -2.08. The first-order chi connectivity index (χ1) is 13.6. The molecule has 0 aliphatic carbocycles. The van der Waals surface area contributed by atoms with Gasteiger partial charge in [0, 0.05) is 20.2 Å². The minimum atomic E-state index is -0.196. The normalized spacial score (nSPS) is 11.2. The van der Waals surface area contributed by atoms with Gasteiger partial charge in [-0.05, 0) is 76.7 Å². The molecule has 0 radical (unpaired) electrons. The zero-order valence-corrected chi connectivity index (χ0v) is 18.3. The van der Waals surface area contributed by atoms with Crippen molar-refractivity contribution in [1.82, 2.24) is 4.98 Å². The van der Waals surface area contributed by atoms with Gasteiger partial charge in [-0.1, -0.05) is 35.9 Å². The largest absolute Gasteiger partial charge is 0.322 e. The summed E-state index contributed by atoms with van der Waals surface area (Å²) in [5.74, 6) is -0.196. The second-order valence-electron chi connectivity index (χ2n) is 6.05. The van der Waals surface area contributed by atoms with Gasteiger partial charge in [0.05, 0.1) is 15.9 Å². The quantitative estimate of drug-likeness (QED) is 0.237. The molecule has 138 valence electrons. The zero-order valence-electron chi connectivity index (χ0n) is 14.5. The van der Waals surface area contributed by atoms with Gasteiger partial charge in [-0.2, -0.15) is 0 Å². The average molecular weight is 517 g/mol. The number of thiazole rings is 1. The van der Waals surface area contributed by atoms with Crippen LogP contribution in [0.15, 0.2) is 72.8 Å². The summed E-state index contributed by atoms with van der Waals surface area (Å²) in [6, 6.07) is 21.3. The molecule has 1 aromatic heterocycles. The highest BCUT2D eigenvalue weighted by molar-refractivity contribution is 14.1. The van der Waals surface area contributed by atoms with Crippen LogP contribution in [0.2, 0.25) is 5.02 Å². The Balaban J connectivity index is 1.61. The fourth-order valence-electron chi connectivity index (χ4n) is 2.71. The molecule has 0 saturated heterocycles. The molecule has 0 unspecified atom stereocenters. The topological polar surface area (TPSA) is 42.0 Å². The van der Waals surface area contributed by atoms with E-state index < -0.39 is 0 Å². The molecule has 0 bridgehead atoms. The number of carbonyl (C=O) groups is 1. The molecule has 0 aliphatic rings. The first-order valence-corrected chi connectivity index (χ1v) is 10.8. The van der Waals surface area contributed by atoms with Crippen LogP contribution in [0.25, 0.3) is 26.9 Å². The molecule has 28 heavy (non-hydrogen) atoms. The smallest absolute Gasteiger partial charge is 0.248 e. The van der Waals surface area contributed by atoms with Crippen molar-refractivity contribution >= 4 is 73.4 Å². The Hall–Kier alpha value is -2.22. The molecule has 0 aliphatic heterocycles. The van der Waals surface area contributed by atoms with Crippen LogP contribution in [-0.2, 0) is 4.79 Å². The number of aromatic nitrogens is 1. The molecule has 4 aromatic rings. The van der Waals surface area contributed by atoms with Crippen molar-refractivity contribution in [3.05, 3.63) is 87.0 Å². The molecule has 0 spiro atoms. The van der Waals surface area contributed by atoms with Gasteiger partial charge >= 0.3 is 0 Å². The van der Waals surface area contributed by atoms with Gasteiger partial charge in [-0.3, -0.25) is 4.79 Å². The third-order valence-corrected chi connectivity index (χ3v) is 6.05. The van der Waals surface area contributed by atoms with Crippen molar-refractivity contribution in [3.63, 3.8) is 0 Å². The lowest BCUT2D eigenvalue weighted by atomic mass is 10.1. The fraction of sp³-hybridized carbons (Fsp3) is 0. The summed E-state index contributed by atoms with van der Waals surface area (Å²) in [5, 5.41) is 4.53. The number of anilines is 1. The predicted octanol–water partition coefficient (Wildman–Crippen LogP) is 6.87. The minimum absolute atomic E-state index is 0.196. The SMILES string of the molecule is O=C(C=Cc1ccc(Cl)cc1)Nc1ccc(I)cc1-c1nc2ccccc2s1. The number of nitrogens with zero attached hydrogens (tertiary/aromatic N) is 1. The van der Waals surface area contributed by atoms with Crippen LogP contribution in [0.1, 0.15) is 5.56 Å². The Labute approximate surface area is 185 Å². The van der Waals surface area contributed by atoms with E-state index in [1.54, 1.807) is 29.5 Å². The Morgan fingerprint density at radius 2 is 1.86 bits per heavy atom. The van der Waals surface area contributed by atoms with Gasteiger partial charge < -0.3 is 5.32 Å². The number of carbonyl (C=O) groups excluding carboxylic acids is 1. The van der Waals surface area contributed by atoms with Crippen molar-refractivity contribution in [1.29, 1.82) is 0 Å². The zero-order chi connectivity index (χ0) is 19.5. The second-order valence-corrected chi connectivity index (χ2v) is 8.76.